The molecule has 0 bridgehead atoms. The first-order valence-corrected chi connectivity index (χ1v) is 7.07. The summed E-state index contributed by atoms with van der Waals surface area (Å²) in [5, 5.41) is 0. The van der Waals surface area contributed by atoms with E-state index in [1.165, 1.54) is 6.26 Å². The van der Waals surface area contributed by atoms with Gasteiger partial charge >= 0.3 is 0 Å². The van der Waals surface area contributed by atoms with Crippen LogP contribution in [0.5, 0.6) is 0 Å². The maximum absolute atomic E-state index is 11.2. The first kappa shape index (κ1) is 13.7. The van der Waals surface area contributed by atoms with Gasteiger partial charge in [0.1, 0.15) is 0 Å². The summed E-state index contributed by atoms with van der Waals surface area (Å²) in [6.07, 6.45) is 2.11. The van der Waals surface area contributed by atoms with Crippen molar-refractivity contribution in [3.05, 3.63) is 29.8 Å². The van der Waals surface area contributed by atoms with Crippen LogP contribution in [0.4, 0.5) is 0 Å². The molecule has 0 aliphatic heterocycles. The lowest BCUT2D eigenvalue weighted by molar-refractivity contribution is -0.121. The van der Waals surface area contributed by atoms with Crippen molar-refractivity contribution in [2.45, 2.75) is 17.7 Å². The molecule has 2 N–H and O–H groups in total. The van der Waals surface area contributed by atoms with Crippen LogP contribution in [-0.4, -0.2) is 27.6 Å². The van der Waals surface area contributed by atoms with Gasteiger partial charge in [-0.3, -0.25) is 10.2 Å². The summed E-state index contributed by atoms with van der Waals surface area (Å²) < 4.78 is 22.4. The van der Waals surface area contributed by atoms with Gasteiger partial charge in [-0.2, -0.15) is 0 Å². The Morgan fingerprint density at radius 1 is 1.24 bits per heavy atom. The second kappa shape index (κ2) is 5.79. The van der Waals surface area contributed by atoms with E-state index in [1.54, 1.807) is 31.3 Å². The van der Waals surface area contributed by atoms with Crippen molar-refractivity contribution in [2.75, 3.05) is 13.3 Å². The highest BCUT2D eigenvalue weighted by molar-refractivity contribution is 7.90. The van der Waals surface area contributed by atoms with E-state index in [1.807, 2.05) is 0 Å². The van der Waals surface area contributed by atoms with Crippen LogP contribution in [0.25, 0.3) is 0 Å². The Kier molecular flexibility index (Phi) is 4.65. The summed E-state index contributed by atoms with van der Waals surface area (Å²) >= 11 is 0. The average Bonchev–Trinajstić information content (AvgIpc) is 2.26. The molecule has 94 valence electrons. The fourth-order valence-electron chi connectivity index (χ4n) is 1.36. The molecule has 1 rings (SSSR count). The molecule has 6 heteroatoms. The summed E-state index contributed by atoms with van der Waals surface area (Å²) in [6, 6.07) is 6.56. The molecule has 0 unspecified atom stereocenters. The van der Waals surface area contributed by atoms with Gasteiger partial charge in [0.2, 0.25) is 5.91 Å². The summed E-state index contributed by atoms with van der Waals surface area (Å²) in [5.41, 5.74) is 5.95. The van der Waals surface area contributed by atoms with E-state index in [9.17, 15) is 13.2 Å². The van der Waals surface area contributed by atoms with E-state index >= 15 is 0 Å². The Labute approximate surface area is 101 Å². The number of hydrogen-bond donors (Lipinski definition) is 2. The molecule has 0 radical (unpaired) electrons. The van der Waals surface area contributed by atoms with Crippen molar-refractivity contribution in [3.8, 4) is 0 Å². The smallest absolute Gasteiger partial charge is 0.234 e. The predicted molar refractivity (Wildman–Crippen MR) is 65.1 cm³/mol. The fourth-order valence-corrected chi connectivity index (χ4v) is 1.99. The van der Waals surface area contributed by atoms with Crippen molar-refractivity contribution in [3.63, 3.8) is 0 Å². The molecule has 0 aliphatic carbocycles. The third kappa shape index (κ3) is 4.54. The second-order valence-electron chi connectivity index (χ2n) is 3.71. The molecule has 0 heterocycles. The van der Waals surface area contributed by atoms with Gasteiger partial charge in [-0.05, 0) is 24.1 Å². The number of hydrogen-bond acceptors (Lipinski definition) is 4. The van der Waals surface area contributed by atoms with Crippen molar-refractivity contribution in [2.24, 2.45) is 0 Å². The molecular weight excluding hydrogens is 240 g/mol. The van der Waals surface area contributed by atoms with Crippen LogP contribution in [0.15, 0.2) is 29.2 Å². The van der Waals surface area contributed by atoms with Gasteiger partial charge in [0.05, 0.1) is 4.90 Å². The van der Waals surface area contributed by atoms with Gasteiger partial charge in [-0.15, -0.1) is 0 Å². The van der Waals surface area contributed by atoms with E-state index in [-0.39, 0.29) is 5.91 Å². The zero-order valence-corrected chi connectivity index (χ0v) is 10.7. The monoisotopic (exact) mass is 256 g/mol. The third-order valence-electron chi connectivity index (χ3n) is 2.26. The van der Waals surface area contributed by atoms with Gasteiger partial charge < -0.3 is 0 Å². The van der Waals surface area contributed by atoms with Crippen LogP contribution < -0.4 is 10.9 Å². The van der Waals surface area contributed by atoms with Crippen molar-refractivity contribution >= 4 is 15.7 Å². The summed E-state index contributed by atoms with van der Waals surface area (Å²) in [7, 11) is -1.52. The lowest BCUT2D eigenvalue weighted by Gasteiger charge is -2.04. The van der Waals surface area contributed by atoms with Crippen LogP contribution in [0.3, 0.4) is 0 Å². The maximum Gasteiger partial charge on any atom is 0.234 e. The topological polar surface area (TPSA) is 75.3 Å². The highest BCUT2D eigenvalue weighted by Gasteiger charge is 2.06. The lowest BCUT2D eigenvalue weighted by Crippen LogP contribution is -2.34. The van der Waals surface area contributed by atoms with E-state index < -0.39 is 9.84 Å². The Hall–Kier alpha value is -1.40. The van der Waals surface area contributed by atoms with Gasteiger partial charge in [0.25, 0.3) is 0 Å². The van der Waals surface area contributed by atoms with Crippen LogP contribution in [0.1, 0.15) is 12.0 Å². The van der Waals surface area contributed by atoms with E-state index in [4.69, 9.17) is 0 Å². The number of carbonyl (C=O) groups excluding carboxylic acids is 1. The molecule has 0 saturated carbocycles. The minimum atomic E-state index is -3.15. The first-order chi connectivity index (χ1) is 7.93. The normalized spacial score (nSPS) is 11.2. The number of benzene rings is 1. The number of aryl methyl sites for hydroxylation is 1. The van der Waals surface area contributed by atoms with Gasteiger partial charge in [-0.1, -0.05) is 12.1 Å². The SMILES string of the molecule is CNNC(=O)CCc1ccc(S(C)(=O)=O)cc1. The Morgan fingerprint density at radius 3 is 2.29 bits per heavy atom. The fraction of sp³-hybridized carbons (Fsp3) is 0.364. The second-order valence-corrected chi connectivity index (χ2v) is 5.73. The maximum atomic E-state index is 11.2. The Bertz CT molecular complexity index is 480. The highest BCUT2D eigenvalue weighted by Crippen LogP contribution is 2.11. The van der Waals surface area contributed by atoms with Crippen molar-refractivity contribution in [1.29, 1.82) is 0 Å². The van der Waals surface area contributed by atoms with Crippen LogP contribution in [0, 0.1) is 0 Å². The number of carbonyl (C=O) groups is 1. The Morgan fingerprint density at radius 2 is 1.82 bits per heavy atom. The lowest BCUT2D eigenvalue weighted by atomic mass is 10.1. The molecular formula is C11H16N2O3S. The molecule has 1 aromatic rings. The highest BCUT2D eigenvalue weighted by atomic mass is 32.2. The third-order valence-corrected chi connectivity index (χ3v) is 3.39. The number of amides is 1. The number of sulfone groups is 1. The van der Waals surface area contributed by atoms with Crippen molar-refractivity contribution in [1.82, 2.24) is 10.9 Å². The molecule has 1 aromatic carbocycles. The molecule has 0 fully saturated rings. The largest absolute Gasteiger partial charge is 0.292 e. The van der Waals surface area contributed by atoms with Gasteiger partial charge in [0.15, 0.2) is 9.84 Å². The molecule has 5 nitrogen and oxygen atoms in total. The molecule has 1 amide bonds. The number of hydrazine groups is 1. The molecule has 0 aliphatic rings. The summed E-state index contributed by atoms with van der Waals surface area (Å²) in [4.78, 5) is 11.5. The minimum absolute atomic E-state index is 0.0975. The average molecular weight is 256 g/mol. The van der Waals surface area contributed by atoms with E-state index in [2.05, 4.69) is 10.9 Å². The molecule has 0 aromatic heterocycles. The molecule has 0 spiro atoms. The molecule has 0 atom stereocenters. The standard InChI is InChI=1S/C11H16N2O3S/c1-12-13-11(14)8-5-9-3-6-10(7-4-9)17(2,15)16/h3-4,6-7,12H,5,8H2,1-2H3,(H,13,14). The van der Waals surface area contributed by atoms with Crippen LogP contribution in [0.2, 0.25) is 0 Å². The van der Waals surface area contributed by atoms with Gasteiger partial charge in [0, 0.05) is 19.7 Å². The molecule has 17 heavy (non-hydrogen) atoms. The van der Waals surface area contributed by atoms with Gasteiger partial charge in [-0.25, -0.2) is 13.8 Å². The first-order valence-electron chi connectivity index (χ1n) is 5.18. The van der Waals surface area contributed by atoms with Crippen LogP contribution in [-0.2, 0) is 21.1 Å². The number of nitrogens with one attached hydrogen (secondary N) is 2. The van der Waals surface area contributed by atoms with Crippen LogP contribution >= 0.6 is 0 Å². The summed E-state index contributed by atoms with van der Waals surface area (Å²) in [6.45, 7) is 0. The van der Waals surface area contributed by atoms with Crippen molar-refractivity contribution < 1.29 is 13.2 Å². The number of rotatable bonds is 5. The quantitative estimate of drug-likeness (QED) is 0.742. The zero-order chi connectivity index (χ0) is 12.9. The van der Waals surface area contributed by atoms with E-state index in [0.29, 0.717) is 17.7 Å². The summed E-state index contributed by atoms with van der Waals surface area (Å²) in [5.74, 6) is -0.0975. The van der Waals surface area contributed by atoms with E-state index in [0.717, 1.165) is 5.56 Å². The zero-order valence-electron chi connectivity index (χ0n) is 9.86. The molecule has 0 saturated heterocycles. The Balaban J connectivity index is 2.60. The minimum Gasteiger partial charge on any atom is -0.292 e. The predicted octanol–water partition coefficient (Wildman–Crippen LogP) is 0.273.